The van der Waals surface area contributed by atoms with Crippen molar-refractivity contribution in [3.8, 4) is 22.3 Å². The van der Waals surface area contributed by atoms with E-state index in [0.717, 1.165) is 66.3 Å². The lowest BCUT2D eigenvalue weighted by atomic mass is 9.98. The van der Waals surface area contributed by atoms with Crippen LogP contribution in [0.25, 0.3) is 44.1 Å². The third-order valence-electron chi connectivity index (χ3n) is 13.7. The Balaban J connectivity index is 0.000000186. The van der Waals surface area contributed by atoms with Crippen LogP contribution in [-0.2, 0) is 22.6 Å². The van der Waals surface area contributed by atoms with Crippen molar-refractivity contribution >= 4 is 57.0 Å². The van der Waals surface area contributed by atoms with E-state index >= 15 is 0 Å². The van der Waals surface area contributed by atoms with Crippen molar-refractivity contribution in [3.05, 3.63) is 271 Å². The standard InChI is InChI=1S/C33H29N3O5.C25H21NO4.C8H10N2O2/c1-3-41-33(38)27-9-6-8-24(19-27)30-10-5-4-7-28(30)21-35-18-17-25-20-26(13-16-31(25)35)32(37)34-22(2)23-11-14-29(15-12-23)36(39)40;1-2-30-25(29)20-8-5-7-17(14-20)22-9-4-3-6-21(22)16-26-13-12-18-15-19(24(27)28)10-11-23(18)26;1-6(9)7-2-4-8(5-3-7)10(11)12/h4-20,22H,3,21H2,1-2H3,(H,34,37);3-15H,2,16H2,1H3,(H,27,28);2-6H,9H2,1H3/t22-;;6-/m0.0/s1. The van der Waals surface area contributed by atoms with Gasteiger partial charge in [0, 0.05) is 83.2 Å². The summed E-state index contributed by atoms with van der Waals surface area (Å²) in [5.41, 5.74) is 17.3. The summed E-state index contributed by atoms with van der Waals surface area (Å²) in [4.78, 5) is 68.9. The molecule has 0 aliphatic carbocycles. The summed E-state index contributed by atoms with van der Waals surface area (Å²) in [5, 5.41) is 35.2. The van der Waals surface area contributed by atoms with Crippen molar-refractivity contribution in [3.63, 3.8) is 0 Å². The maximum Gasteiger partial charge on any atom is 0.338 e. The number of nitrogens with one attached hydrogen (secondary N) is 1. The first-order chi connectivity index (χ1) is 40.0. The zero-order valence-corrected chi connectivity index (χ0v) is 46.0. The van der Waals surface area contributed by atoms with Crippen LogP contribution >= 0.6 is 0 Å². The molecular formula is C66H60N6O11. The van der Waals surface area contributed by atoms with Crippen molar-refractivity contribution in [2.75, 3.05) is 13.2 Å². The zero-order chi connectivity index (χ0) is 59.2. The van der Waals surface area contributed by atoms with Crippen molar-refractivity contribution in [1.82, 2.24) is 14.5 Å². The van der Waals surface area contributed by atoms with Gasteiger partial charge in [-0.2, -0.15) is 0 Å². The summed E-state index contributed by atoms with van der Waals surface area (Å²) in [5.74, 6) is -1.83. The van der Waals surface area contributed by atoms with Crippen LogP contribution in [0.4, 0.5) is 11.4 Å². The molecule has 0 aliphatic heterocycles. The van der Waals surface area contributed by atoms with Gasteiger partial charge in [-0.05, 0) is 145 Å². The highest BCUT2D eigenvalue weighted by atomic mass is 16.6. The monoisotopic (exact) mass is 1110 g/mol. The molecule has 10 aromatic rings. The van der Waals surface area contributed by atoms with Crippen molar-refractivity contribution in [1.29, 1.82) is 0 Å². The Labute approximate surface area is 478 Å². The van der Waals surface area contributed by atoms with E-state index in [1.165, 1.54) is 24.3 Å². The average Bonchev–Trinajstić information content (AvgIpc) is 4.36. The number of aromatic carboxylic acids is 1. The minimum atomic E-state index is -0.934. The molecule has 420 valence electrons. The molecule has 2 heterocycles. The van der Waals surface area contributed by atoms with Crippen LogP contribution < -0.4 is 11.1 Å². The van der Waals surface area contributed by atoms with Gasteiger partial charge in [-0.3, -0.25) is 25.0 Å². The number of aromatic nitrogens is 2. The maximum absolute atomic E-state index is 13.0. The molecule has 0 saturated carbocycles. The molecule has 0 radical (unpaired) electrons. The van der Waals surface area contributed by atoms with Crippen molar-refractivity contribution < 1.29 is 43.6 Å². The second kappa shape index (κ2) is 27.1. The van der Waals surface area contributed by atoms with Crippen LogP contribution in [0.15, 0.2) is 207 Å². The fraction of sp³-hybridized carbons (Fsp3) is 0.152. The second-order valence-corrected chi connectivity index (χ2v) is 19.3. The van der Waals surface area contributed by atoms with Gasteiger partial charge in [0.15, 0.2) is 0 Å². The van der Waals surface area contributed by atoms with Gasteiger partial charge in [0.2, 0.25) is 0 Å². The number of carbonyl (C=O) groups excluding carboxylic acids is 3. The number of benzene rings is 8. The van der Waals surface area contributed by atoms with E-state index in [0.29, 0.717) is 43.0 Å². The molecule has 17 heteroatoms. The summed E-state index contributed by atoms with van der Waals surface area (Å²) in [7, 11) is 0. The molecule has 8 aromatic carbocycles. The quantitative estimate of drug-likeness (QED) is 0.0438. The molecule has 0 spiro atoms. The largest absolute Gasteiger partial charge is 0.478 e. The molecule has 0 bridgehead atoms. The topological polar surface area (TPSA) is 241 Å². The summed E-state index contributed by atoms with van der Waals surface area (Å²) >= 11 is 0. The molecule has 1 amide bonds. The Bertz CT molecular complexity index is 3980. The Kier molecular flexibility index (Phi) is 19.1. The van der Waals surface area contributed by atoms with Crippen LogP contribution in [0.5, 0.6) is 0 Å². The number of rotatable bonds is 17. The number of nitro benzene ring substituents is 2. The van der Waals surface area contributed by atoms with Gasteiger partial charge in [-0.1, -0.05) is 97.1 Å². The zero-order valence-electron chi connectivity index (χ0n) is 46.0. The molecule has 0 unspecified atom stereocenters. The molecule has 0 saturated heterocycles. The van der Waals surface area contributed by atoms with E-state index in [1.54, 1.807) is 68.4 Å². The van der Waals surface area contributed by atoms with Crippen LogP contribution in [0, 0.1) is 20.2 Å². The number of ether oxygens (including phenoxy) is 2. The van der Waals surface area contributed by atoms with E-state index in [9.17, 15) is 44.5 Å². The summed E-state index contributed by atoms with van der Waals surface area (Å²) in [6.45, 7) is 9.14. The number of amides is 1. The number of hydrogen-bond acceptors (Lipinski definition) is 11. The van der Waals surface area contributed by atoms with Gasteiger partial charge in [0.25, 0.3) is 17.3 Å². The number of nitro groups is 2. The molecule has 0 aliphatic rings. The number of esters is 2. The molecule has 83 heavy (non-hydrogen) atoms. The van der Waals surface area contributed by atoms with Gasteiger partial charge in [0.1, 0.15) is 0 Å². The molecule has 4 N–H and O–H groups in total. The number of carbonyl (C=O) groups is 4. The van der Waals surface area contributed by atoms with Crippen LogP contribution in [0.3, 0.4) is 0 Å². The molecule has 10 rings (SSSR count). The number of carboxylic acid groups (broad SMARTS) is 1. The lowest BCUT2D eigenvalue weighted by Crippen LogP contribution is -2.26. The summed E-state index contributed by atoms with van der Waals surface area (Å²) in [6.07, 6.45) is 3.96. The Morgan fingerprint density at radius 2 is 0.964 bits per heavy atom. The molecule has 2 aromatic heterocycles. The van der Waals surface area contributed by atoms with Gasteiger partial charge in [0.05, 0.1) is 45.8 Å². The van der Waals surface area contributed by atoms with Gasteiger partial charge in [-0.15, -0.1) is 0 Å². The van der Waals surface area contributed by atoms with Gasteiger partial charge < -0.3 is 34.8 Å². The normalized spacial score (nSPS) is 11.5. The number of hydrogen-bond donors (Lipinski definition) is 3. The van der Waals surface area contributed by atoms with Crippen molar-refractivity contribution in [2.45, 2.75) is 52.9 Å². The fourth-order valence-electron chi connectivity index (χ4n) is 9.40. The highest BCUT2D eigenvalue weighted by Crippen LogP contribution is 2.30. The number of nitrogens with two attached hydrogens (primary N) is 1. The van der Waals surface area contributed by atoms with Gasteiger partial charge in [-0.25, -0.2) is 14.4 Å². The van der Waals surface area contributed by atoms with E-state index < -0.39 is 15.8 Å². The smallest absolute Gasteiger partial charge is 0.338 e. The van der Waals surface area contributed by atoms with Crippen LogP contribution in [0.2, 0.25) is 0 Å². The molecule has 2 atom stereocenters. The maximum atomic E-state index is 13.0. The minimum absolute atomic E-state index is 0.00931. The molecular weight excluding hydrogens is 1050 g/mol. The minimum Gasteiger partial charge on any atom is -0.478 e. The average molecular weight is 1110 g/mol. The predicted octanol–water partition coefficient (Wildman–Crippen LogP) is 13.8. The predicted molar refractivity (Wildman–Crippen MR) is 319 cm³/mol. The molecule has 17 nitrogen and oxygen atoms in total. The third kappa shape index (κ3) is 14.6. The number of carboxylic acids is 1. The number of nitrogens with zero attached hydrogens (tertiary/aromatic N) is 4. The third-order valence-corrected chi connectivity index (χ3v) is 13.7. The first-order valence-corrected chi connectivity index (χ1v) is 26.7. The summed E-state index contributed by atoms with van der Waals surface area (Å²) < 4.78 is 14.5. The van der Waals surface area contributed by atoms with Crippen LogP contribution in [-0.4, -0.2) is 61.1 Å². The Hall–Kier alpha value is -10.5. The lowest BCUT2D eigenvalue weighted by molar-refractivity contribution is -0.385. The lowest BCUT2D eigenvalue weighted by Gasteiger charge is -2.15. The summed E-state index contributed by atoms with van der Waals surface area (Å²) in [6, 6.07) is 57.7. The Morgan fingerprint density at radius 3 is 1.40 bits per heavy atom. The first-order valence-electron chi connectivity index (χ1n) is 26.7. The number of fused-ring (bicyclic) bond motifs is 2. The second-order valence-electron chi connectivity index (χ2n) is 19.3. The first kappa shape index (κ1) is 58.6. The molecule has 0 fully saturated rings. The highest BCUT2D eigenvalue weighted by molar-refractivity contribution is 5.99. The van der Waals surface area contributed by atoms with E-state index in [-0.39, 0.29) is 46.9 Å². The van der Waals surface area contributed by atoms with E-state index in [1.807, 2.05) is 129 Å². The van der Waals surface area contributed by atoms with Gasteiger partial charge >= 0.3 is 17.9 Å². The van der Waals surface area contributed by atoms with Crippen molar-refractivity contribution in [2.24, 2.45) is 5.73 Å². The Morgan fingerprint density at radius 1 is 0.530 bits per heavy atom. The SMILES string of the molecule is CCOC(=O)c1cccc(-c2ccccc2Cn2ccc3cc(C(=O)N[C@@H](C)c4ccc([N+](=O)[O-])cc4)ccc32)c1.CCOC(=O)c1cccc(-c2ccccc2Cn2ccc3cc(C(=O)O)ccc32)c1.C[C@H](N)c1ccc([N+](=O)[O-])cc1. The fourth-order valence-corrected chi connectivity index (χ4v) is 9.40. The number of non-ortho nitro benzene ring substituents is 2. The van der Waals surface area contributed by atoms with Crippen LogP contribution in [0.1, 0.15) is 103 Å². The van der Waals surface area contributed by atoms with E-state index in [4.69, 9.17) is 15.2 Å². The highest BCUT2D eigenvalue weighted by Gasteiger charge is 2.17. The van der Waals surface area contributed by atoms with E-state index in [2.05, 4.69) is 26.6 Å².